The molecule has 3 aromatic rings. The third kappa shape index (κ3) is 6.69. The number of nitrogens with two attached hydrogens (primary N) is 1. The molecule has 1 atom stereocenters. The fraction of sp³-hybridized carbons (Fsp3) is 0.360. The van der Waals surface area contributed by atoms with Crippen LogP contribution in [0.25, 0.3) is 11.1 Å². The molecule has 0 amide bonds. The maximum atomic E-state index is 6.30. The molecule has 0 fully saturated rings. The molecule has 158 valence electrons. The van der Waals surface area contributed by atoms with Crippen molar-refractivity contribution >= 4 is 17.4 Å². The summed E-state index contributed by atoms with van der Waals surface area (Å²) in [5, 5.41) is 0. The van der Waals surface area contributed by atoms with E-state index in [1.54, 1.807) is 7.11 Å². The molecular weight excluding hydrogens is 376 g/mol. The molecule has 0 saturated carbocycles. The van der Waals surface area contributed by atoms with E-state index in [9.17, 15) is 0 Å². The Morgan fingerprint density at radius 2 is 1.69 bits per heavy atom. The van der Waals surface area contributed by atoms with Crippen LogP contribution in [0.2, 0.25) is 0 Å². The molecular formula is C25H36N2OS. The summed E-state index contributed by atoms with van der Waals surface area (Å²) >= 11 is 1.82. The minimum atomic E-state index is -0.0104. The molecule has 1 aromatic heterocycles. The highest BCUT2D eigenvalue weighted by Crippen LogP contribution is 2.38. The second-order valence-corrected chi connectivity index (χ2v) is 7.21. The summed E-state index contributed by atoms with van der Waals surface area (Å²) in [7, 11) is 1.72. The first-order chi connectivity index (χ1) is 14.1. The van der Waals surface area contributed by atoms with Crippen LogP contribution in [0, 0.1) is 6.92 Å². The van der Waals surface area contributed by atoms with E-state index in [0.29, 0.717) is 0 Å². The van der Waals surface area contributed by atoms with Gasteiger partial charge in [0, 0.05) is 40.8 Å². The lowest BCUT2D eigenvalue weighted by atomic mass is 9.98. The Morgan fingerprint density at radius 1 is 1.03 bits per heavy atom. The van der Waals surface area contributed by atoms with Crippen molar-refractivity contribution in [2.75, 3.05) is 12.8 Å². The summed E-state index contributed by atoms with van der Waals surface area (Å²) in [4.78, 5) is 4.55. The molecule has 0 bridgehead atoms. The number of aromatic nitrogens is 1. The molecule has 0 spiro atoms. The van der Waals surface area contributed by atoms with Gasteiger partial charge >= 0.3 is 0 Å². The zero-order valence-corrected chi connectivity index (χ0v) is 19.7. The van der Waals surface area contributed by atoms with Gasteiger partial charge in [-0.3, -0.25) is 0 Å². The van der Waals surface area contributed by atoms with Gasteiger partial charge in [0.1, 0.15) is 0 Å². The first-order valence-corrected chi connectivity index (χ1v) is 11.4. The van der Waals surface area contributed by atoms with Crippen molar-refractivity contribution in [3.05, 3.63) is 71.5 Å². The lowest BCUT2D eigenvalue weighted by Gasteiger charge is -2.15. The van der Waals surface area contributed by atoms with E-state index in [4.69, 9.17) is 10.5 Å². The van der Waals surface area contributed by atoms with Gasteiger partial charge in [0.2, 0.25) is 0 Å². The standard InChI is InChI=1S/C21H24N2OS.2C2H6/c1-14-12-23-21(15(2)24-3)20(14)18-11-17(9-10-19(18)22)25-13-16-7-5-4-6-8-16;2*1-2/h4-12,15,23H,13,22H2,1-3H3;2*1-2H3. The second kappa shape index (κ2) is 13.1. The summed E-state index contributed by atoms with van der Waals surface area (Å²) in [5.41, 5.74) is 12.9. The number of ether oxygens (including phenoxy) is 1. The minimum absolute atomic E-state index is 0.0104. The molecule has 1 heterocycles. The molecule has 3 N–H and O–H groups in total. The normalized spacial score (nSPS) is 11.0. The number of rotatable bonds is 6. The smallest absolute Gasteiger partial charge is 0.0947 e. The Kier molecular flexibility index (Phi) is 11.3. The maximum absolute atomic E-state index is 6.30. The van der Waals surface area contributed by atoms with Crippen LogP contribution in [-0.2, 0) is 10.5 Å². The van der Waals surface area contributed by atoms with Crippen molar-refractivity contribution in [3.63, 3.8) is 0 Å². The van der Waals surface area contributed by atoms with E-state index in [0.717, 1.165) is 28.3 Å². The van der Waals surface area contributed by atoms with Gasteiger partial charge in [-0.1, -0.05) is 58.0 Å². The Bertz CT molecular complexity index is 843. The number of aromatic amines is 1. The van der Waals surface area contributed by atoms with Gasteiger partial charge in [-0.15, -0.1) is 11.8 Å². The van der Waals surface area contributed by atoms with E-state index in [1.165, 1.54) is 16.0 Å². The van der Waals surface area contributed by atoms with Crippen molar-refractivity contribution in [1.29, 1.82) is 0 Å². The molecule has 2 aromatic carbocycles. The highest BCUT2D eigenvalue weighted by Gasteiger charge is 2.18. The van der Waals surface area contributed by atoms with Crippen LogP contribution < -0.4 is 5.73 Å². The van der Waals surface area contributed by atoms with Gasteiger partial charge in [0.25, 0.3) is 0 Å². The van der Waals surface area contributed by atoms with Crippen LogP contribution in [-0.4, -0.2) is 12.1 Å². The molecule has 3 rings (SSSR count). The first kappa shape index (κ1) is 24.9. The van der Waals surface area contributed by atoms with Gasteiger partial charge in [-0.25, -0.2) is 0 Å². The number of thioether (sulfide) groups is 1. The van der Waals surface area contributed by atoms with Gasteiger partial charge in [-0.05, 0) is 43.2 Å². The number of methoxy groups -OCH3 is 1. The zero-order valence-electron chi connectivity index (χ0n) is 18.9. The number of hydrogen-bond acceptors (Lipinski definition) is 3. The molecule has 0 aliphatic rings. The fourth-order valence-corrected chi connectivity index (χ4v) is 3.81. The van der Waals surface area contributed by atoms with Crippen LogP contribution in [0.5, 0.6) is 0 Å². The Morgan fingerprint density at radius 3 is 2.31 bits per heavy atom. The van der Waals surface area contributed by atoms with Crippen molar-refractivity contribution in [2.45, 2.75) is 58.3 Å². The van der Waals surface area contributed by atoms with E-state index in [-0.39, 0.29) is 6.10 Å². The second-order valence-electron chi connectivity index (χ2n) is 6.16. The van der Waals surface area contributed by atoms with Crippen LogP contribution in [0.3, 0.4) is 0 Å². The minimum Gasteiger partial charge on any atom is -0.398 e. The predicted molar refractivity (Wildman–Crippen MR) is 130 cm³/mol. The molecule has 29 heavy (non-hydrogen) atoms. The number of aryl methyl sites for hydroxylation is 1. The van der Waals surface area contributed by atoms with Crippen molar-refractivity contribution in [3.8, 4) is 11.1 Å². The topological polar surface area (TPSA) is 51.0 Å². The monoisotopic (exact) mass is 412 g/mol. The van der Waals surface area contributed by atoms with Crippen molar-refractivity contribution in [1.82, 2.24) is 4.98 Å². The van der Waals surface area contributed by atoms with Gasteiger partial charge in [0.05, 0.1) is 11.8 Å². The number of benzene rings is 2. The number of hydrogen-bond donors (Lipinski definition) is 2. The summed E-state index contributed by atoms with van der Waals surface area (Å²) < 4.78 is 5.51. The third-order valence-corrected chi connectivity index (χ3v) is 5.48. The van der Waals surface area contributed by atoms with E-state index < -0.39 is 0 Å². The summed E-state index contributed by atoms with van der Waals surface area (Å²) in [6, 6.07) is 16.8. The number of nitrogens with one attached hydrogen (secondary N) is 1. The Hall–Kier alpha value is -2.17. The summed E-state index contributed by atoms with van der Waals surface area (Å²) in [5.74, 6) is 0.942. The zero-order chi connectivity index (χ0) is 21.8. The van der Waals surface area contributed by atoms with Gasteiger partial charge in [-0.2, -0.15) is 0 Å². The Balaban J connectivity index is 0.000000989. The first-order valence-electron chi connectivity index (χ1n) is 10.4. The third-order valence-electron chi connectivity index (χ3n) is 4.41. The van der Waals surface area contributed by atoms with Crippen LogP contribution in [0.15, 0.2) is 59.6 Å². The highest BCUT2D eigenvalue weighted by atomic mass is 32.2. The van der Waals surface area contributed by atoms with E-state index in [2.05, 4.69) is 48.3 Å². The van der Waals surface area contributed by atoms with E-state index >= 15 is 0 Å². The van der Waals surface area contributed by atoms with Crippen LogP contribution in [0.1, 0.15) is 57.5 Å². The maximum Gasteiger partial charge on any atom is 0.0947 e. The van der Waals surface area contributed by atoms with Crippen LogP contribution >= 0.6 is 11.8 Å². The Labute approximate surface area is 181 Å². The molecule has 4 heteroatoms. The number of anilines is 1. The molecule has 0 aliphatic heterocycles. The molecule has 0 saturated heterocycles. The number of nitrogen functional groups attached to an aromatic ring is 1. The van der Waals surface area contributed by atoms with Gasteiger partial charge < -0.3 is 15.5 Å². The van der Waals surface area contributed by atoms with E-state index in [1.807, 2.05) is 64.7 Å². The lowest BCUT2D eigenvalue weighted by molar-refractivity contribution is 0.117. The molecule has 0 radical (unpaired) electrons. The lowest BCUT2D eigenvalue weighted by Crippen LogP contribution is -2.00. The SMILES string of the molecule is CC.CC.COC(C)c1[nH]cc(C)c1-c1cc(SCc2ccccc2)ccc1N. The summed E-state index contributed by atoms with van der Waals surface area (Å²) in [6.45, 7) is 12.1. The quantitative estimate of drug-likeness (QED) is 0.323. The van der Waals surface area contributed by atoms with Crippen molar-refractivity contribution in [2.24, 2.45) is 0 Å². The predicted octanol–water partition coefficient (Wildman–Crippen LogP) is 7.62. The average Bonchev–Trinajstić information content (AvgIpc) is 3.17. The van der Waals surface area contributed by atoms with Crippen molar-refractivity contribution < 1.29 is 4.74 Å². The molecule has 3 nitrogen and oxygen atoms in total. The summed E-state index contributed by atoms with van der Waals surface area (Å²) in [6.07, 6.45) is 2.01. The molecule has 0 aliphatic carbocycles. The fourth-order valence-electron chi connectivity index (χ4n) is 2.92. The van der Waals surface area contributed by atoms with Gasteiger partial charge in [0.15, 0.2) is 0 Å². The average molecular weight is 413 g/mol. The number of H-pyrrole nitrogens is 1. The highest BCUT2D eigenvalue weighted by molar-refractivity contribution is 7.98. The molecule has 1 unspecified atom stereocenters. The van der Waals surface area contributed by atoms with Crippen LogP contribution in [0.4, 0.5) is 5.69 Å². The largest absolute Gasteiger partial charge is 0.398 e.